The topological polar surface area (TPSA) is 65.0 Å². The van der Waals surface area contributed by atoms with Crippen molar-refractivity contribution in [3.8, 4) is 6.01 Å². The number of benzene rings is 2. The molecule has 8 nitrogen and oxygen atoms in total. The molecule has 2 aliphatic rings. The van der Waals surface area contributed by atoms with E-state index in [1.54, 1.807) is 0 Å². The third kappa shape index (κ3) is 5.45. The third-order valence-corrected chi connectivity index (χ3v) is 7.61. The molecule has 200 valence electrons. The molecular weight excluding hydrogens is 476 g/mol. The number of hydrogen-bond donors (Lipinski definition) is 0. The van der Waals surface area contributed by atoms with Gasteiger partial charge in [-0.25, -0.2) is 0 Å². The van der Waals surface area contributed by atoms with E-state index in [1.807, 2.05) is 4.90 Å². The van der Waals surface area contributed by atoms with E-state index in [1.165, 1.54) is 28.1 Å². The second-order valence-corrected chi connectivity index (χ2v) is 10.2. The second-order valence-electron chi connectivity index (χ2n) is 10.2. The first-order valence-electron chi connectivity index (χ1n) is 13.6. The molecule has 0 N–H and O–H groups in total. The Balaban J connectivity index is 1.45. The average molecular weight is 515 g/mol. The number of rotatable bonds is 8. The van der Waals surface area contributed by atoms with Gasteiger partial charge in [0.2, 0.25) is 5.91 Å². The molecule has 2 aromatic carbocycles. The number of piperazine rings is 1. The van der Waals surface area contributed by atoms with Crippen LogP contribution in [0.15, 0.2) is 55.1 Å². The fourth-order valence-electron chi connectivity index (χ4n) is 5.45. The maximum absolute atomic E-state index is 12.1. The fraction of sp³-hybridized carbons (Fsp3) is 0.433. The second kappa shape index (κ2) is 11.4. The maximum atomic E-state index is 12.1. The van der Waals surface area contributed by atoms with E-state index >= 15 is 0 Å². The summed E-state index contributed by atoms with van der Waals surface area (Å²) in [7, 11) is 2.09. The molecule has 1 aromatic heterocycles. The van der Waals surface area contributed by atoms with Gasteiger partial charge in [-0.1, -0.05) is 49.9 Å². The Morgan fingerprint density at radius 1 is 1.08 bits per heavy atom. The monoisotopic (exact) mass is 514 g/mol. The lowest BCUT2D eigenvalue weighted by Crippen LogP contribution is -2.49. The van der Waals surface area contributed by atoms with Crippen LogP contribution in [0.3, 0.4) is 0 Å². The third-order valence-electron chi connectivity index (χ3n) is 7.61. The molecule has 0 aliphatic carbocycles. The lowest BCUT2D eigenvalue weighted by molar-refractivity contribution is -0.126. The zero-order valence-corrected chi connectivity index (χ0v) is 22.8. The first-order valence-corrected chi connectivity index (χ1v) is 13.6. The van der Waals surface area contributed by atoms with Crippen LogP contribution in [0.25, 0.3) is 10.8 Å². The van der Waals surface area contributed by atoms with Crippen molar-refractivity contribution in [3.05, 3.63) is 66.4 Å². The zero-order chi connectivity index (χ0) is 26.6. The summed E-state index contributed by atoms with van der Waals surface area (Å²) >= 11 is 0. The van der Waals surface area contributed by atoms with E-state index in [0.29, 0.717) is 25.6 Å². The Morgan fingerprint density at radius 2 is 1.84 bits per heavy atom. The SMILES string of the molecule is C=CC(=O)N1CCN(c2nc(O[C@H](C)CN(C)CC)nc3c2CCN(c2cccc4ccccc24)C3)CC1. The maximum Gasteiger partial charge on any atom is 0.318 e. The Bertz CT molecular complexity index is 1300. The highest BCUT2D eigenvalue weighted by Gasteiger charge is 2.29. The highest BCUT2D eigenvalue weighted by molar-refractivity contribution is 5.94. The molecule has 3 heterocycles. The molecule has 38 heavy (non-hydrogen) atoms. The van der Waals surface area contributed by atoms with Gasteiger partial charge in [0, 0.05) is 55.9 Å². The summed E-state index contributed by atoms with van der Waals surface area (Å²) in [5.74, 6) is 0.933. The molecule has 1 atom stereocenters. The van der Waals surface area contributed by atoms with Crippen LogP contribution in [-0.4, -0.2) is 84.6 Å². The quantitative estimate of drug-likeness (QED) is 0.424. The minimum absolute atomic E-state index is 0.0158. The van der Waals surface area contributed by atoms with Crippen molar-refractivity contribution in [1.29, 1.82) is 0 Å². The highest BCUT2D eigenvalue weighted by atomic mass is 16.5. The highest BCUT2D eigenvalue weighted by Crippen LogP contribution is 2.34. The van der Waals surface area contributed by atoms with E-state index in [4.69, 9.17) is 14.7 Å². The van der Waals surface area contributed by atoms with Crippen molar-refractivity contribution < 1.29 is 9.53 Å². The average Bonchev–Trinajstić information content (AvgIpc) is 2.95. The van der Waals surface area contributed by atoms with Gasteiger partial charge in [-0.05, 0) is 44.5 Å². The number of carbonyl (C=O) groups is 1. The van der Waals surface area contributed by atoms with Crippen LogP contribution < -0.4 is 14.5 Å². The lowest BCUT2D eigenvalue weighted by atomic mass is 10.0. The van der Waals surface area contributed by atoms with Gasteiger partial charge in [0.05, 0.1) is 12.2 Å². The number of likely N-dealkylation sites (N-methyl/N-ethyl adjacent to an activating group) is 1. The molecule has 3 aromatic rings. The molecule has 0 radical (unpaired) electrons. The number of fused-ring (bicyclic) bond motifs is 2. The van der Waals surface area contributed by atoms with Crippen molar-refractivity contribution in [2.24, 2.45) is 0 Å². The van der Waals surface area contributed by atoms with E-state index in [2.05, 4.69) is 84.6 Å². The van der Waals surface area contributed by atoms with Crippen LogP contribution in [-0.2, 0) is 17.8 Å². The van der Waals surface area contributed by atoms with Gasteiger partial charge >= 0.3 is 6.01 Å². The molecule has 1 saturated heterocycles. The van der Waals surface area contributed by atoms with Gasteiger partial charge < -0.3 is 24.3 Å². The van der Waals surface area contributed by atoms with E-state index in [-0.39, 0.29) is 12.0 Å². The summed E-state index contributed by atoms with van der Waals surface area (Å²) in [6.07, 6.45) is 2.21. The van der Waals surface area contributed by atoms with Crippen LogP contribution in [0.4, 0.5) is 11.5 Å². The normalized spacial score (nSPS) is 16.5. The van der Waals surface area contributed by atoms with Gasteiger partial charge in [-0.3, -0.25) is 4.79 Å². The molecule has 0 bridgehead atoms. The van der Waals surface area contributed by atoms with E-state index in [9.17, 15) is 4.79 Å². The summed E-state index contributed by atoms with van der Waals surface area (Å²) in [6.45, 7) is 14.0. The molecule has 2 aliphatic heterocycles. The van der Waals surface area contributed by atoms with Gasteiger partial charge in [-0.2, -0.15) is 9.97 Å². The summed E-state index contributed by atoms with van der Waals surface area (Å²) in [6, 6.07) is 15.5. The summed E-state index contributed by atoms with van der Waals surface area (Å²) in [5, 5.41) is 2.49. The molecule has 0 saturated carbocycles. The summed E-state index contributed by atoms with van der Waals surface area (Å²) < 4.78 is 6.29. The van der Waals surface area contributed by atoms with Crippen molar-refractivity contribution in [2.75, 3.05) is 62.7 Å². The van der Waals surface area contributed by atoms with Crippen molar-refractivity contribution in [1.82, 2.24) is 19.8 Å². The van der Waals surface area contributed by atoms with Gasteiger partial charge in [0.15, 0.2) is 0 Å². The first kappa shape index (κ1) is 26.0. The molecule has 5 rings (SSSR count). The van der Waals surface area contributed by atoms with Gasteiger partial charge in [0.1, 0.15) is 11.9 Å². The number of aromatic nitrogens is 2. The minimum Gasteiger partial charge on any atom is -0.459 e. The number of anilines is 2. The van der Waals surface area contributed by atoms with Crippen molar-refractivity contribution in [3.63, 3.8) is 0 Å². The summed E-state index contributed by atoms with van der Waals surface area (Å²) in [5.41, 5.74) is 3.44. The van der Waals surface area contributed by atoms with Crippen LogP contribution >= 0.6 is 0 Å². The first-order chi connectivity index (χ1) is 18.5. The van der Waals surface area contributed by atoms with Crippen molar-refractivity contribution in [2.45, 2.75) is 32.9 Å². The Labute approximate surface area is 225 Å². The largest absolute Gasteiger partial charge is 0.459 e. The fourth-order valence-corrected chi connectivity index (χ4v) is 5.45. The van der Waals surface area contributed by atoms with E-state index in [0.717, 1.165) is 50.7 Å². The molecule has 0 unspecified atom stereocenters. The Kier molecular flexibility index (Phi) is 7.79. The van der Waals surface area contributed by atoms with E-state index < -0.39 is 0 Å². The van der Waals surface area contributed by atoms with Crippen LogP contribution in [0.2, 0.25) is 0 Å². The predicted molar refractivity (Wildman–Crippen MR) is 153 cm³/mol. The molecule has 1 fully saturated rings. The molecule has 8 heteroatoms. The van der Waals surface area contributed by atoms with Crippen LogP contribution in [0.1, 0.15) is 25.1 Å². The molecule has 0 spiro atoms. The van der Waals surface area contributed by atoms with Gasteiger partial charge in [0.25, 0.3) is 0 Å². The predicted octanol–water partition coefficient (Wildman–Crippen LogP) is 3.75. The van der Waals surface area contributed by atoms with Gasteiger partial charge in [-0.15, -0.1) is 0 Å². The molecule has 1 amide bonds. The standard InChI is InChI=1S/C30H38N6O2/c1-5-28(37)34-16-18-35(19-17-34)29-25-14-15-36(27-13-9-11-23-10-7-8-12-24(23)27)21-26(25)31-30(32-29)38-22(3)20-33(4)6-2/h5,7-13,22H,1,6,14-21H2,2-4H3/t22-/m1/s1. The minimum atomic E-state index is -0.0364. The molecular formula is C30H38N6O2. The Hall–Kier alpha value is -3.65. The number of nitrogens with zero attached hydrogens (tertiary/aromatic N) is 6. The Morgan fingerprint density at radius 3 is 2.61 bits per heavy atom. The zero-order valence-electron chi connectivity index (χ0n) is 22.8. The smallest absolute Gasteiger partial charge is 0.318 e. The number of ether oxygens (including phenoxy) is 1. The summed E-state index contributed by atoms with van der Waals surface area (Å²) in [4.78, 5) is 30.8. The number of hydrogen-bond acceptors (Lipinski definition) is 7. The van der Waals surface area contributed by atoms with Crippen LogP contribution in [0.5, 0.6) is 6.01 Å². The number of carbonyl (C=O) groups excluding carboxylic acids is 1. The lowest BCUT2D eigenvalue weighted by Gasteiger charge is -2.38. The number of amides is 1. The van der Waals surface area contributed by atoms with Crippen LogP contribution in [0, 0.1) is 0 Å². The van der Waals surface area contributed by atoms with Crippen molar-refractivity contribution >= 4 is 28.2 Å².